The minimum Gasteiger partial charge on any atom is -0.381 e. The second-order valence-corrected chi connectivity index (χ2v) is 8.03. The van der Waals surface area contributed by atoms with Gasteiger partial charge in [0.2, 0.25) is 0 Å². The lowest BCUT2D eigenvalue weighted by Gasteiger charge is -2.24. The molecular weight excluding hydrogens is 396 g/mol. The number of hydrogen-bond acceptors (Lipinski definition) is 3. The maximum atomic E-state index is 13.1. The van der Waals surface area contributed by atoms with Gasteiger partial charge in [0.1, 0.15) is 0 Å². The fraction of sp³-hybridized carbons (Fsp3) is 0.500. The second-order valence-electron chi connectivity index (χ2n) is 7.11. The molecule has 0 saturated carbocycles. The van der Waals surface area contributed by atoms with Crippen molar-refractivity contribution in [2.75, 3.05) is 13.2 Å². The maximum Gasteiger partial charge on any atom is 0.251 e. The van der Waals surface area contributed by atoms with Gasteiger partial charge in [-0.15, -0.1) is 0 Å². The van der Waals surface area contributed by atoms with E-state index in [0.717, 1.165) is 48.5 Å². The smallest absolute Gasteiger partial charge is 0.251 e. The standard InChI is InChI=1S/C20H25BrN2O3/c1-13-9-18(14(2)22(13)10-16-5-4-8-26-12-16)20(25)15(3)23-11-17(21)6-7-19(23)24/h6-7,9,11,15-16H,4-5,8,10,12H2,1-3H3. The molecule has 1 fully saturated rings. The lowest BCUT2D eigenvalue weighted by molar-refractivity contribution is 0.0480. The van der Waals surface area contributed by atoms with E-state index >= 15 is 0 Å². The molecule has 0 amide bonds. The molecule has 0 radical (unpaired) electrons. The van der Waals surface area contributed by atoms with Crippen molar-refractivity contribution in [3.05, 3.63) is 56.2 Å². The van der Waals surface area contributed by atoms with E-state index in [1.54, 1.807) is 19.2 Å². The first kappa shape index (κ1) is 19.1. The van der Waals surface area contributed by atoms with Gasteiger partial charge in [-0.05, 0) is 61.7 Å². The van der Waals surface area contributed by atoms with E-state index in [1.165, 1.54) is 10.6 Å². The number of pyridine rings is 1. The molecule has 1 aliphatic rings. The van der Waals surface area contributed by atoms with Crippen LogP contribution in [0.15, 0.2) is 33.7 Å². The zero-order valence-electron chi connectivity index (χ0n) is 15.5. The number of aryl methyl sites for hydroxylation is 1. The maximum absolute atomic E-state index is 13.1. The number of halogens is 1. The van der Waals surface area contributed by atoms with Crippen LogP contribution in [0.1, 0.15) is 47.6 Å². The molecule has 0 spiro atoms. The highest BCUT2D eigenvalue weighted by Crippen LogP contribution is 2.24. The number of aromatic nitrogens is 2. The number of rotatable bonds is 5. The number of carbonyl (C=O) groups excluding carboxylic acids is 1. The summed E-state index contributed by atoms with van der Waals surface area (Å²) in [6.45, 7) is 8.30. The van der Waals surface area contributed by atoms with E-state index in [1.807, 2.05) is 19.9 Å². The molecule has 3 heterocycles. The third-order valence-corrected chi connectivity index (χ3v) is 5.70. The summed E-state index contributed by atoms with van der Waals surface area (Å²) in [5.74, 6) is 0.450. The van der Waals surface area contributed by atoms with Crippen molar-refractivity contribution in [1.82, 2.24) is 9.13 Å². The average molecular weight is 421 g/mol. The second kappa shape index (κ2) is 7.92. The Labute approximate surface area is 162 Å². The summed E-state index contributed by atoms with van der Waals surface area (Å²) in [6, 6.07) is 4.56. The molecule has 2 atom stereocenters. The molecule has 6 heteroatoms. The third-order valence-electron chi connectivity index (χ3n) is 5.23. The average Bonchev–Trinajstić information content (AvgIpc) is 2.91. The van der Waals surface area contributed by atoms with Crippen LogP contribution >= 0.6 is 15.9 Å². The number of Topliss-reactive ketones (excluding diaryl/α,β-unsaturated/α-hetero) is 1. The molecule has 26 heavy (non-hydrogen) atoms. The molecule has 1 aliphatic heterocycles. The predicted octanol–water partition coefficient (Wildman–Crippen LogP) is 3.90. The summed E-state index contributed by atoms with van der Waals surface area (Å²) in [6.07, 6.45) is 3.92. The van der Waals surface area contributed by atoms with Crippen molar-refractivity contribution in [2.24, 2.45) is 5.92 Å². The van der Waals surface area contributed by atoms with Crippen LogP contribution in [0.25, 0.3) is 0 Å². The Morgan fingerprint density at radius 2 is 2.15 bits per heavy atom. The van der Waals surface area contributed by atoms with E-state index in [9.17, 15) is 9.59 Å². The van der Waals surface area contributed by atoms with Crippen molar-refractivity contribution in [1.29, 1.82) is 0 Å². The molecule has 2 aromatic heterocycles. The first-order valence-corrected chi connectivity index (χ1v) is 9.84. The number of ketones is 1. The quantitative estimate of drug-likeness (QED) is 0.689. The van der Waals surface area contributed by atoms with Crippen LogP contribution in [0, 0.1) is 19.8 Å². The Morgan fingerprint density at radius 1 is 1.38 bits per heavy atom. The van der Waals surface area contributed by atoms with Crippen molar-refractivity contribution in [3.63, 3.8) is 0 Å². The first-order valence-electron chi connectivity index (χ1n) is 9.05. The predicted molar refractivity (Wildman–Crippen MR) is 105 cm³/mol. The van der Waals surface area contributed by atoms with E-state index in [-0.39, 0.29) is 11.3 Å². The molecule has 0 aliphatic carbocycles. The van der Waals surface area contributed by atoms with Crippen LogP contribution < -0.4 is 5.56 Å². The summed E-state index contributed by atoms with van der Waals surface area (Å²) >= 11 is 3.37. The summed E-state index contributed by atoms with van der Waals surface area (Å²) in [5.41, 5.74) is 2.55. The van der Waals surface area contributed by atoms with Crippen molar-refractivity contribution in [3.8, 4) is 0 Å². The van der Waals surface area contributed by atoms with Crippen LogP contribution in [-0.4, -0.2) is 28.1 Å². The molecular formula is C20H25BrN2O3. The SMILES string of the molecule is Cc1cc(C(=O)C(C)n2cc(Br)ccc2=O)c(C)n1CC1CCCOC1. The van der Waals surface area contributed by atoms with Gasteiger partial charge < -0.3 is 13.9 Å². The third kappa shape index (κ3) is 3.86. The summed E-state index contributed by atoms with van der Waals surface area (Å²) in [5, 5.41) is 0. The summed E-state index contributed by atoms with van der Waals surface area (Å²) in [4.78, 5) is 25.2. The van der Waals surface area contributed by atoms with Gasteiger partial charge in [-0.1, -0.05) is 0 Å². The molecule has 2 unspecified atom stereocenters. The zero-order valence-corrected chi connectivity index (χ0v) is 17.1. The molecule has 5 nitrogen and oxygen atoms in total. The molecule has 0 bridgehead atoms. The molecule has 1 saturated heterocycles. The van der Waals surface area contributed by atoms with Crippen LogP contribution in [0.5, 0.6) is 0 Å². The van der Waals surface area contributed by atoms with Gasteiger partial charge >= 0.3 is 0 Å². The highest BCUT2D eigenvalue weighted by Gasteiger charge is 2.24. The van der Waals surface area contributed by atoms with Crippen LogP contribution in [-0.2, 0) is 11.3 Å². The van der Waals surface area contributed by atoms with Crippen LogP contribution in [0.2, 0.25) is 0 Å². The zero-order chi connectivity index (χ0) is 18.8. The Balaban J connectivity index is 1.86. The summed E-state index contributed by atoms with van der Waals surface area (Å²) in [7, 11) is 0. The van der Waals surface area contributed by atoms with Gasteiger partial charge in [-0.2, -0.15) is 0 Å². The normalized spacial score (nSPS) is 18.7. The molecule has 2 aromatic rings. The van der Waals surface area contributed by atoms with Gasteiger partial charge in [0, 0.05) is 52.8 Å². The number of nitrogens with zero attached hydrogens (tertiary/aromatic N) is 2. The van der Waals surface area contributed by atoms with E-state index in [0.29, 0.717) is 11.5 Å². The Bertz CT molecular complexity index is 862. The molecule has 3 rings (SSSR count). The topological polar surface area (TPSA) is 53.2 Å². The Hall–Kier alpha value is -1.66. The summed E-state index contributed by atoms with van der Waals surface area (Å²) < 4.78 is 10.1. The minimum atomic E-state index is -0.549. The Kier molecular flexibility index (Phi) is 5.82. The number of ether oxygens (including phenoxy) is 1. The van der Waals surface area contributed by atoms with Crippen LogP contribution in [0.3, 0.4) is 0 Å². The van der Waals surface area contributed by atoms with E-state index in [4.69, 9.17) is 4.74 Å². The fourth-order valence-corrected chi connectivity index (χ4v) is 4.02. The van der Waals surface area contributed by atoms with Gasteiger partial charge in [0.05, 0.1) is 12.6 Å². The lowest BCUT2D eigenvalue weighted by atomic mass is 10.0. The Morgan fingerprint density at radius 3 is 2.85 bits per heavy atom. The highest BCUT2D eigenvalue weighted by atomic mass is 79.9. The van der Waals surface area contributed by atoms with Gasteiger partial charge in [0.15, 0.2) is 5.78 Å². The largest absolute Gasteiger partial charge is 0.381 e. The number of carbonyl (C=O) groups is 1. The first-order chi connectivity index (χ1) is 12.4. The molecule has 140 valence electrons. The van der Waals surface area contributed by atoms with Gasteiger partial charge in [-0.3, -0.25) is 9.59 Å². The highest BCUT2D eigenvalue weighted by molar-refractivity contribution is 9.10. The van der Waals surface area contributed by atoms with Crippen molar-refractivity contribution < 1.29 is 9.53 Å². The fourth-order valence-electron chi connectivity index (χ4n) is 3.67. The van der Waals surface area contributed by atoms with E-state index in [2.05, 4.69) is 20.5 Å². The lowest BCUT2D eigenvalue weighted by Crippen LogP contribution is -2.27. The monoisotopic (exact) mass is 420 g/mol. The van der Waals surface area contributed by atoms with Crippen molar-refractivity contribution >= 4 is 21.7 Å². The van der Waals surface area contributed by atoms with E-state index < -0.39 is 6.04 Å². The van der Waals surface area contributed by atoms with Crippen LogP contribution in [0.4, 0.5) is 0 Å². The van der Waals surface area contributed by atoms with Gasteiger partial charge in [-0.25, -0.2) is 0 Å². The number of hydrogen-bond donors (Lipinski definition) is 0. The molecule has 0 aromatic carbocycles. The minimum absolute atomic E-state index is 0.0376. The van der Waals surface area contributed by atoms with Crippen molar-refractivity contribution in [2.45, 2.75) is 46.2 Å². The molecule has 0 N–H and O–H groups in total. The van der Waals surface area contributed by atoms with Gasteiger partial charge in [0.25, 0.3) is 5.56 Å².